The van der Waals surface area contributed by atoms with E-state index in [2.05, 4.69) is 47.6 Å². The average molecular weight is 262 g/mol. The maximum absolute atomic E-state index is 11.6. The number of hydrogen-bond donors (Lipinski definition) is 1. The van der Waals surface area contributed by atoms with E-state index in [1.807, 2.05) is 13.8 Å². The second-order valence-corrected chi connectivity index (χ2v) is 7.40. The van der Waals surface area contributed by atoms with Crippen molar-refractivity contribution in [2.75, 3.05) is 0 Å². The Balaban J connectivity index is 3.81. The summed E-state index contributed by atoms with van der Waals surface area (Å²) in [4.78, 5) is 11.6. The highest BCUT2D eigenvalue weighted by Crippen LogP contribution is 2.36. The number of carboxylic acid groups (broad SMARTS) is 1. The fraction of sp³-hybridized carbons (Fsp3) is 0.588. The molecule has 0 amide bonds. The van der Waals surface area contributed by atoms with Gasteiger partial charge in [0.15, 0.2) is 0 Å². The average Bonchev–Trinajstić information content (AvgIpc) is 2.12. The van der Waals surface area contributed by atoms with Gasteiger partial charge in [-0.25, -0.2) is 4.79 Å². The number of hydrogen-bond acceptors (Lipinski definition) is 1. The zero-order valence-electron chi connectivity index (χ0n) is 13.4. The molecule has 0 unspecified atom stereocenters. The van der Waals surface area contributed by atoms with E-state index in [1.54, 1.807) is 0 Å². The van der Waals surface area contributed by atoms with Crippen molar-refractivity contribution in [3.8, 4) is 0 Å². The first kappa shape index (κ1) is 15.7. The van der Waals surface area contributed by atoms with Crippen molar-refractivity contribution in [1.29, 1.82) is 0 Å². The highest BCUT2D eigenvalue weighted by molar-refractivity contribution is 5.92. The highest BCUT2D eigenvalue weighted by Gasteiger charge is 2.27. The number of rotatable bonds is 1. The minimum Gasteiger partial charge on any atom is -0.478 e. The second kappa shape index (κ2) is 4.66. The van der Waals surface area contributed by atoms with Gasteiger partial charge in [-0.15, -0.1) is 0 Å². The lowest BCUT2D eigenvalue weighted by Gasteiger charge is -2.30. The maximum Gasteiger partial charge on any atom is 0.336 e. The smallest absolute Gasteiger partial charge is 0.336 e. The van der Waals surface area contributed by atoms with Gasteiger partial charge in [0.1, 0.15) is 0 Å². The molecule has 19 heavy (non-hydrogen) atoms. The van der Waals surface area contributed by atoms with Gasteiger partial charge in [-0.2, -0.15) is 0 Å². The topological polar surface area (TPSA) is 37.3 Å². The fourth-order valence-electron chi connectivity index (χ4n) is 2.79. The Morgan fingerprint density at radius 2 is 1.21 bits per heavy atom. The number of carbonyl (C=O) groups is 1. The van der Waals surface area contributed by atoms with Crippen LogP contribution in [0.15, 0.2) is 6.07 Å². The molecule has 0 aliphatic rings. The molecule has 0 saturated carbocycles. The third-order valence-corrected chi connectivity index (χ3v) is 3.68. The van der Waals surface area contributed by atoms with Crippen molar-refractivity contribution in [2.24, 2.45) is 0 Å². The summed E-state index contributed by atoms with van der Waals surface area (Å²) in [6.07, 6.45) is 0. The molecule has 0 aliphatic heterocycles. The highest BCUT2D eigenvalue weighted by atomic mass is 16.4. The van der Waals surface area contributed by atoms with Crippen molar-refractivity contribution in [2.45, 2.75) is 66.2 Å². The molecular weight excluding hydrogens is 236 g/mol. The van der Waals surface area contributed by atoms with E-state index >= 15 is 0 Å². The molecule has 1 N–H and O–H groups in total. The predicted octanol–water partition coefficient (Wildman–Crippen LogP) is 4.60. The van der Waals surface area contributed by atoms with Crippen molar-refractivity contribution in [3.63, 3.8) is 0 Å². The Hall–Kier alpha value is -1.31. The van der Waals surface area contributed by atoms with E-state index in [-0.39, 0.29) is 10.8 Å². The van der Waals surface area contributed by atoms with Gasteiger partial charge in [0, 0.05) is 0 Å². The molecule has 0 heterocycles. The van der Waals surface area contributed by atoms with Crippen molar-refractivity contribution in [3.05, 3.63) is 33.9 Å². The van der Waals surface area contributed by atoms with Crippen LogP contribution in [0.1, 0.15) is 74.2 Å². The van der Waals surface area contributed by atoms with E-state index in [4.69, 9.17) is 0 Å². The van der Waals surface area contributed by atoms with Crippen LogP contribution in [0, 0.1) is 13.8 Å². The van der Waals surface area contributed by atoms with Crippen LogP contribution in [0.5, 0.6) is 0 Å². The lowest BCUT2D eigenvalue weighted by Crippen LogP contribution is -2.22. The van der Waals surface area contributed by atoms with Crippen LogP contribution in [-0.4, -0.2) is 11.1 Å². The molecule has 1 rings (SSSR count). The minimum atomic E-state index is -0.827. The van der Waals surface area contributed by atoms with Crippen LogP contribution < -0.4 is 0 Å². The first-order valence-corrected chi connectivity index (χ1v) is 6.76. The normalized spacial score (nSPS) is 12.6. The van der Waals surface area contributed by atoms with Crippen molar-refractivity contribution >= 4 is 5.97 Å². The third-order valence-electron chi connectivity index (χ3n) is 3.68. The zero-order chi connectivity index (χ0) is 15.2. The Morgan fingerprint density at radius 1 is 0.895 bits per heavy atom. The molecular formula is C17H26O2. The molecule has 0 spiro atoms. The molecule has 0 fully saturated rings. The quantitative estimate of drug-likeness (QED) is 0.803. The van der Waals surface area contributed by atoms with E-state index in [0.717, 1.165) is 22.3 Å². The summed E-state index contributed by atoms with van der Waals surface area (Å²) < 4.78 is 0. The van der Waals surface area contributed by atoms with Gasteiger partial charge in [-0.3, -0.25) is 0 Å². The molecule has 0 atom stereocenters. The van der Waals surface area contributed by atoms with Gasteiger partial charge in [0.05, 0.1) is 5.56 Å². The van der Waals surface area contributed by atoms with Gasteiger partial charge in [-0.1, -0.05) is 47.6 Å². The molecule has 0 saturated heterocycles. The summed E-state index contributed by atoms with van der Waals surface area (Å²) in [6.45, 7) is 16.6. The van der Waals surface area contributed by atoms with Crippen molar-refractivity contribution in [1.82, 2.24) is 0 Å². The zero-order valence-corrected chi connectivity index (χ0v) is 13.4. The second-order valence-electron chi connectivity index (χ2n) is 7.40. The van der Waals surface area contributed by atoms with Crippen LogP contribution in [0.3, 0.4) is 0 Å². The molecule has 106 valence electrons. The molecule has 2 heteroatoms. The predicted molar refractivity (Wildman–Crippen MR) is 80.3 cm³/mol. The Morgan fingerprint density at radius 3 is 1.42 bits per heavy atom. The number of benzene rings is 1. The fourth-order valence-corrected chi connectivity index (χ4v) is 2.79. The first-order valence-electron chi connectivity index (χ1n) is 6.76. The molecule has 2 nitrogen and oxygen atoms in total. The standard InChI is InChI=1S/C17H26O2/c1-10-12(16(3,4)5)9-13(17(6,7)8)11(2)14(10)15(18)19/h9H,1-8H3,(H,18,19). The Kier molecular flexibility index (Phi) is 3.86. The SMILES string of the molecule is Cc1c(C(C)(C)C)cc(C(C)(C)C)c(C)c1C(=O)O. The summed E-state index contributed by atoms with van der Waals surface area (Å²) in [5, 5.41) is 9.53. The minimum absolute atomic E-state index is 0.0536. The van der Waals surface area contributed by atoms with Crippen LogP contribution in [0.4, 0.5) is 0 Å². The molecule has 0 radical (unpaired) electrons. The van der Waals surface area contributed by atoms with Crippen LogP contribution in [-0.2, 0) is 10.8 Å². The number of aromatic carboxylic acids is 1. The summed E-state index contributed by atoms with van der Waals surface area (Å²) >= 11 is 0. The van der Waals surface area contributed by atoms with Gasteiger partial charge in [-0.05, 0) is 46.9 Å². The number of carboxylic acids is 1. The van der Waals surface area contributed by atoms with Crippen molar-refractivity contribution < 1.29 is 9.90 Å². The summed E-state index contributed by atoms with van der Waals surface area (Å²) in [5.41, 5.74) is 4.40. The summed E-state index contributed by atoms with van der Waals surface area (Å²) in [7, 11) is 0. The van der Waals surface area contributed by atoms with E-state index in [0.29, 0.717) is 5.56 Å². The van der Waals surface area contributed by atoms with E-state index in [9.17, 15) is 9.90 Å². The lowest BCUT2D eigenvalue weighted by molar-refractivity contribution is 0.0695. The van der Waals surface area contributed by atoms with E-state index < -0.39 is 5.97 Å². The molecule has 0 aliphatic carbocycles. The first-order chi connectivity index (χ1) is 8.37. The largest absolute Gasteiger partial charge is 0.478 e. The van der Waals surface area contributed by atoms with Gasteiger partial charge < -0.3 is 5.11 Å². The molecule has 1 aromatic rings. The summed E-state index contributed by atoms with van der Waals surface area (Å²) in [5.74, 6) is -0.827. The van der Waals surface area contributed by atoms with Crippen LogP contribution >= 0.6 is 0 Å². The van der Waals surface area contributed by atoms with E-state index in [1.165, 1.54) is 0 Å². The van der Waals surface area contributed by atoms with Crippen LogP contribution in [0.25, 0.3) is 0 Å². The Labute approximate surface area is 116 Å². The summed E-state index contributed by atoms with van der Waals surface area (Å²) in [6, 6.07) is 2.19. The third kappa shape index (κ3) is 2.99. The van der Waals surface area contributed by atoms with Gasteiger partial charge >= 0.3 is 5.97 Å². The molecule has 1 aromatic carbocycles. The monoisotopic (exact) mass is 262 g/mol. The molecule has 0 bridgehead atoms. The Bertz CT molecular complexity index is 473. The van der Waals surface area contributed by atoms with Crippen LogP contribution in [0.2, 0.25) is 0 Å². The lowest BCUT2D eigenvalue weighted by atomic mass is 9.75. The van der Waals surface area contributed by atoms with Gasteiger partial charge in [0.2, 0.25) is 0 Å². The molecule has 0 aromatic heterocycles. The maximum atomic E-state index is 11.6. The van der Waals surface area contributed by atoms with Gasteiger partial charge in [0.25, 0.3) is 0 Å².